The third kappa shape index (κ3) is 4.19. The van der Waals surface area contributed by atoms with E-state index in [1.165, 1.54) is 17.3 Å². The molecule has 29 heavy (non-hydrogen) atoms. The molecule has 0 saturated heterocycles. The number of benzene rings is 2. The Morgan fingerprint density at radius 2 is 1.72 bits per heavy atom. The van der Waals surface area contributed by atoms with Gasteiger partial charge in [0.2, 0.25) is 0 Å². The topological polar surface area (TPSA) is 53.5 Å². The Balaban J connectivity index is 1.48. The molecule has 0 bridgehead atoms. The highest BCUT2D eigenvalue weighted by atomic mass is 16.2. The molecule has 0 spiro atoms. The number of pyridine rings is 1. The Morgan fingerprint density at radius 3 is 2.52 bits per heavy atom. The van der Waals surface area contributed by atoms with Crippen LogP contribution in [0.2, 0.25) is 0 Å². The molecule has 3 aromatic rings. The minimum absolute atomic E-state index is 0.0679. The number of aromatic nitrogens is 1. The predicted molar refractivity (Wildman–Crippen MR) is 111 cm³/mol. The number of hydrogen-bond acceptors (Lipinski definition) is 3. The molecule has 2 amide bonds. The summed E-state index contributed by atoms with van der Waals surface area (Å²) in [6.45, 7) is 1.76. The van der Waals surface area contributed by atoms with Crippen molar-refractivity contribution in [1.29, 1.82) is 0 Å². The Hall–Kier alpha value is -3.47. The summed E-state index contributed by atoms with van der Waals surface area (Å²) in [5.41, 5.74) is 4.30. The Bertz CT molecular complexity index is 1030. The average Bonchev–Trinajstić information content (AvgIpc) is 2.78. The zero-order valence-electron chi connectivity index (χ0n) is 16.4. The fourth-order valence-electron chi connectivity index (χ4n) is 3.66. The summed E-state index contributed by atoms with van der Waals surface area (Å²) >= 11 is 0. The minimum Gasteiger partial charge on any atom is -0.336 e. The summed E-state index contributed by atoms with van der Waals surface area (Å²) in [5.74, 6) is -0.269. The van der Waals surface area contributed by atoms with Gasteiger partial charge >= 0.3 is 0 Å². The first-order chi connectivity index (χ1) is 14.1. The molecule has 1 aliphatic heterocycles. The first kappa shape index (κ1) is 18.9. The van der Waals surface area contributed by atoms with Crippen molar-refractivity contribution < 1.29 is 9.59 Å². The number of carbonyl (C=O) groups excluding carboxylic acids is 2. The van der Waals surface area contributed by atoms with Crippen molar-refractivity contribution in [3.8, 4) is 0 Å². The molecule has 146 valence electrons. The molecule has 2 aromatic carbocycles. The number of hydrogen-bond donors (Lipinski definition) is 0. The maximum Gasteiger partial charge on any atom is 0.272 e. The van der Waals surface area contributed by atoms with E-state index in [9.17, 15) is 9.59 Å². The van der Waals surface area contributed by atoms with Crippen molar-refractivity contribution in [3.63, 3.8) is 0 Å². The van der Waals surface area contributed by atoms with Crippen LogP contribution in [-0.4, -0.2) is 40.2 Å². The monoisotopic (exact) mass is 385 g/mol. The lowest BCUT2D eigenvalue weighted by Crippen LogP contribution is -2.36. The molecule has 0 atom stereocenters. The van der Waals surface area contributed by atoms with E-state index in [2.05, 4.69) is 17.1 Å². The minimum atomic E-state index is -0.201. The predicted octanol–water partition coefficient (Wildman–Crippen LogP) is 3.55. The smallest absolute Gasteiger partial charge is 0.272 e. The Kier molecular flexibility index (Phi) is 5.38. The van der Waals surface area contributed by atoms with Gasteiger partial charge in [0.1, 0.15) is 5.69 Å². The molecule has 5 nitrogen and oxygen atoms in total. The second-order valence-electron chi connectivity index (χ2n) is 7.32. The second-order valence-corrected chi connectivity index (χ2v) is 7.32. The molecule has 5 heteroatoms. The SMILES string of the molecule is CN(Cc1ccccc1)C(=O)c1cc(C(=O)N2CCc3ccccc3C2)ccn1. The molecule has 0 N–H and O–H groups in total. The first-order valence-corrected chi connectivity index (χ1v) is 9.73. The maximum absolute atomic E-state index is 13.0. The van der Waals surface area contributed by atoms with Crippen LogP contribution in [0.25, 0.3) is 0 Å². The largest absolute Gasteiger partial charge is 0.336 e. The van der Waals surface area contributed by atoms with Crippen molar-refractivity contribution in [3.05, 3.63) is 101 Å². The van der Waals surface area contributed by atoms with Crippen molar-refractivity contribution in [2.24, 2.45) is 0 Å². The van der Waals surface area contributed by atoms with Gasteiger partial charge in [-0.25, -0.2) is 0 Å². The highest BCUT2D eigenvalue weighted by molar-refractivity contribution is 5.98. The van der Waals surface area contributed by atoms with Gasteiger partial charge in [0.05, 0.1) is 0 Å². The van der Waals surface area contributed by atoms with Crippen LogP contribution in [0.1, 0.15) is 37.5 Å². The summed E-state index contributed by atoms with van der Waals surface area (Å²) in [5, 5.41) is 0. The highest BCUT2D eigenvalue weighted by Gasteiger charge is 2.23. The average molecular weight is 385 g/mol. The van der Waals surface area contributed by atoms with Gasteiger partial charge in [-0.15, -0.1) is 0 Å². The molecule has 0 unspecified atom stereocenters. The van der Waals surface area contributed by atoms with Crippen LogP contribution >= 0.6 is 0 Å². The molecular weight excluding hydrogens is 362 g/mol. The van der Waals surface area contributed by atoms with E-state index in [0.29, 0.717) is 25.2 Å². The van der Waals surface area contributed by atoms with Gasteiger partial charge in [0.25, 0.3) is 11.8 Å². The summed E-state index contributed by atoms with van der Waals surface area (Å²) in [6, 6.07) is 21.3. The number of rotatable bonds is 4. The summed E-state index contributed by atoms with van der Waals surface area (Å²) in [6.07, 6.45) is 2.38. The zero-order chi connectivity index (χ0) is 20.2. The normalized spacial score (nSPS) is 12.9. The van der Waals surface area contributed by atoms with Crippen LogP contribution in [0.4, 0.5) is 0 Å². The van der Waals surface area contributed by atoms with E-state index in [4.69, 9.17) is 0 Å². The van der Waals surface area contributed by atoms with E-state index < -0.39 is 0 Å². The van der Waals surface area contributed by atoms with E-state index in [1.54, 1.807) is 24.1 Å². The third-order valence-corrected chi connectivity index (χ3v) is 5.25. The lowest BCUT2D eigenvalue weighted by molar-refractivity contribution is 0.0734. The third-order valence-electron chi connectivity index (χ3n) is 5.25. The summed E-state index contributed by atoms with van der Waals surface area (Å²) in [7, 11) is 1.74. The van der Waals surface area contributed by atoms with E-state index in [0.717, 1.165) is 12.0 Å². The number of carbonyl (C=O) groups is 2. The summed E-state index contributed by atoms with van der Waals surface area (Å²) in [4.78, 5) is 33.5. The van der Waals surface area contributed by atoms with Crippen LogP contribution in [0.3, 0.4) is 0 Å². The van der Waals surface area contributed by atoms with Crippen LogP contribution < -0.4 is 0 Å². The lowest BCUT2D eigenvalue weighted by Gasteiger charge is -2.29. The van der Waals surface area contributed by atoms with Crippen molar-refractivity contribution in [2.75, 3.05) is 13.6 Å². The Labute approximate surface area is 170 Å². The van der Waals surface area contributed by atoms with Gasteiger partial charge < -0.3 is 9.80 Å². The molecule has 0 aliphatic carbocycles. The number of nitrogens with zero attached hydrogens (tertiary/aromatic N) is 3. The molecule has 2 heterocycles. The first-order valence-electron chi connectivity index (χ1n) is 9.73. The molecule has 1 aliphatic rings. The quantitative estimate of drug-likeness (QED) is 0.690. The van der Waals surface area contributed by atoms with Crippen molar-refractivity contribution in [1.82, 2.24) is 14.8 Å². The fourth-order valence-corrected chi connectivity index (χ4v) is 3.66. The van der Waals surface area contributed by atoms with E-state index in [1.807, 2.05) is 47.4 Å². The second kappa shape index (κ2) is 8.27. The van der Waals surface area contributed by atoms with Crippen LogP contribution in [0.15, 0.2) is 72.9 Å². The van der Waals surface area contributed by atoms with E-state index in [-0.39, 0.29) is 17.5 Å². The van der Waals surface area contributed by atoms with Gasteiger partial charge in [-0.2, -0.15) is 0 Å². The van der Waals surface area contributed by atoms with Crippen LogP contribution in [-0.2, 0) is 19.5 Å². The molecule has 0 fully saturated rings. The zero-order valence-corrected chi connectivity index (χ0v) is 16.4. The maximum atomic E-state index is 13.0. The molecule has 4 rings (SSSR count). The lowest BCUT2D eigenvalue weighted by atomic mass is 9.99. The van der Waals surface area contributed by atoms with Crippen LogP contribution in [0.5, 0.6) is 0 Å². The van der Waals surface area contributed by atoms with Gasteiger partial charge in [-0.1, -0.05) is 54.6 Å². The van der Waals surface area contributed by atoms with Crippen LogP contribution in [0, 0.1) is 0 Å². The number of amides is 2. The van der Waals surface area contributed by atoms with Gasteiger partial charge in [-0.3, -0.25) is 14.6 Å². The van der Waals surface area contributed by atoms with Crippen molar-refractivity contribution in [2.45, 2.75) is 19.5 Å². The fraction of sp³-hybridized carbons (Fsp3) is 0.208. The Morgan fingerprint density at radius 1 is 1.00 bits per heavy atom. The molecule has 0 saturated carbocycles. The van der Waals surface area contributed by atoms with Gasteiger partial charge in [0, 0.05) is 38.4 Å². The molecular formula is C24H23N3O2. The summed E-state index contributed by atoms with van der Waals surface area (Å²) < 4.78 is 0. The van der Waals surface area contributed by atoms with Crippen molar-refractivity contribution >= 4 is 11.8 Å². The van der Waals surface area contributed by atoms with Gasteiger partial charge in [-0.05, 0) is 35.2 Å². The molecule has 0 radical (unpaired) electrons. The highest BCUT2D eigenvalue weighted by Crippen LogP contribution is 2.20. The van der Waals surface area contributed by atoms with Gasteiger partial charge in [0.15, 0.2) is 0 Å². The number of fused-ring (bicyclic) bond motifs is 1. The standard InChI is InChI=1S/C24H23N3O2/c1-26(16-18-7-3-2-4-8-18)24(29)22-15-20(11-13-25-22)23(28)27-14-12-19-9-5-6-10-21(19)17-27/h2-11,13,15H,12,14,16-17H2,1H3. The molecule has 1 aromatic heterocycles. The van der Waals surface area contributed by atoms with E-state index >= 15 is 0 Å².